The lowest BCUT2D eigenvalue weighted by Crippen LogP contribution is -2.55. The Morgan fingerprint density at radius 3 is 2.38 bits per heavy atom. The van der Waals surface area contributed by atoms with E-state index in [1.165, 1.54) is 0 Å². The molecule has 2 rings (SSSR count). The van der Waals surface area contributed by atoms with E-state index >= 15 is 0 Å². The first-order chi connectivity index (χ1) is 6.02. The van der Waals surface area contributed by atoms with Crippen LogP contribution < -0.4 is 5.73 Å². The average Bonchev–Trinajstić information content (AvgIpc) is 2.28. The van der Waals surface area contributed by atoms with Crippen LogP contribution in [0.1, 0.15) is 25.7 Å². The Bertz CT molecular complexity index is 295. The van der Waals surface area contributed by atoms with E-state index in [4.69, 9.17) is 5.73 Å². The summed E-state index contributed by atoms with van der Waals surface area (Å²) in [5.74, 6) is 0.309. The minimum atomic E-state index is -2.94. The van der Waals surface area contributed by atoms with Gasteiger partial charge in [-0.1, -0.05) is 0 Å². The Hall–Kier alpha value is -0.130. The Kier molecular flexibility index (Phi) is 2.13. The second-order valence-corrected chi connectivity index (χ2v) is 6.31. The van der Waals surface area contributed by atoms with Gasteiger partial charge in [0.15, 0.2) is 0 Å². The number of nitrogens with two attached hydrogens (primary N) is 1. The maximum atomic E-state index is 11.4. The highest BCUT2D eigenvalue weighted by atomic mass is 32.2. The molecule has 1 saturated heterocycles. The SMILES string of the molecule is NC1(CN2CCCS2(=O)=O)CCC1. The van der Waals surface area contributed by atoms with Crippen molar-refractivity contribution in [1.82, 2.24) is 4.31 Å². The molecule has 4 nitrogen and oxygen atoms in total. The summed E-state index contributed by atoms with van der Waals surface area (Å²) in [4.78, 5) is 0. The minimum Gasteiger partial charge on any atom is -0.324 e. The van der Waals surface area contributed by atoms with E-state index in [0.717, 1.165) is 25.7 Å². The molecule has 0 aromatic heterocycles. The van der Waals surface area contributed by atoms with E-state index in [1.807, 2.05) is 0 Å². The summed E-state index contributed by atoms with van der Waals surface area (Å²) in [5.41, 5.74) is 5.79. The third kappa shape index (κ3) is 1.73. The Morgan fingerprint density at radius 2 is 2.00 bits per heavy atom. The summed E-state index contributed by atoms with van der Waals surface area (Å²) in [6.45, 7) is 1.20. The fourth-order valence-electron chi connectivity index (χ4n) is 2.01. The maximum Gasteiger partial charge on any atom is 0.214 e. The van der Waals surface area contributed by atoms with Crippen molar-refractivity contribution in [2.45, 2.75) is 31.2 Å². The molecule has 5 heteroatoms. The zero-order chi connectivity index (χ0) is 9.53. The van der Waals surface area contributed by atoms with Crippen LogP contribution in [0.3, 0.4) is 0 Å². The second-order valence-electron chi connectivity index (χ2n) is 4.22. The van der Waals surface area contributed by atoms with Gasteiger partial charge in [-0.2, -0.15) is 0 Å². The summed E-state index contributed by atoms with van der Waals surface area (Å²) in [6.07, 6.45) is 3.85. The molecule has 2 fully saturated rings. The molecule has 1 heterocycles. The van der Waals surface area contributed by atoms with Gasteiger partial charge >= 0.3 is 0 Å². The van der Waals surface area contributed by atoms with E-state index in [0.29, 0.717) is 18.8 Å². The molecule has 0 unspecified atom stereocenters. The fourth-order valence-corrected chi connectivity index (χ4v) is 3.62. The molecular formula is C8H16N2O2S. The molecule has 0 bridgehead atoms. The third-order valence-electron chi connectivity index (χ3n) is 3.04. The molecule has 1 saturated carbocycles. The molecule has 1 aliphatic carbocycles. The van der Waals surface area contributed by atoms with Crippen LogP contribution in [0.2, 0.25) is 0 Å². The summed E-state index contributed by atoms with van der Waals surface area (Å²) in [7, 11) is -2.94. The largest absolute Gasteiger partial charge is 0.324 e. The van der Waals surface area contributed by atoms with Gasteiger partial charge in [-0.15, -0.1) is 0 Å². The van der Waals surface area contributed by atoms with Crippen LogP contribution in [0.25, 0.3) is 0 Å². The van der Waals surface area contributed by atoms with Crippen LogP contribution in [-0.2, 0) is 10.0 Å². The van der Waals surface area contributed by atoms with Crippen molar-refractivity contribution >= 4 is 10.0 Å². The maximum absolute atomic E-state index is 11.4. The van der Waals surface area contributed by atoms with E-state index in [2.05, 4.69) is 0 Å². The van der Waals surface area contributed by atoms with Crippen LogP contribution in [0.5, 0.6) is 0 Å². The van der Waals surface area contributed by atoms with Crippen molar-refractivity contribution in [2.24, 2.45) is 5.73 Å². The van der Waals surface area contributed by atoms with Gasteiger partial charge in [0.2, 0.25) is 10.0 Å². The highest BCUT2D eigenvalue weighted by Crippen LogP contribution is 2.31. The summed E-state index contributed by atoms with van der Waals surface area (Å²) in [6, 6.07) is 0. The summed E-state index contributed by atoms with van der Waals surface area (Å²) in [5, 5.41) is 0. The van der Waals surface area contributed by atoms with E-state index < -0.39 is 10.0 Å². The van der Waals surface area contributed by atoms with Gasteiger partial charge in [-0.05, 0) is 25.7 Å². The molecule has 0 spiro atoms. The predicted octanol–water partition coefficient (Wildman–Crippen LogP) is -0.0967. The number of sulfonamides is 1. The van der Waals surface area contributed by atoms with Crippen molar-refractivity contribution in [1.29, 1.82) is 0 Å². The molecular weight excluding hydrogens is 188 g/mol. The number of hydrogen-bond acceptors (Lipinski definition) is 3. The van der Waals surface area contributed by atoms with Crippen LogP contribution in [-0.4, -0.2) is 37.1 Å². The van der Waals surface area contributed by atoms with Crippen LogP contribution in [0.4, 0.5) is 0 Å². The van der Waals surface area contributed by atoms with E-state index in [9.17, 15) is 8.42 Å². The van der Waals surface area contributed by atoms with E-state index in [1.54, 1.807) is 4.31 Å². The van der Waals surface area contributed by atoms with Crippen molar-refractivity contribution < 1.29 is 8.42 Å². The van der Waals surface area contributed by atoms with Gasteiger partial charge in [0, 0.05) is 18.6 Å². The van der Waals surface area contributed by atoms with Crippen molar-refractivity contribution in [2.75, 3.05) is 18.8 Å². The Balaban J connectivity index is 2.02. The highest BCUT2D eigenvalue weighted by molar-refractivity contribution is 7.89. The lowest BCUT2D eigenvalue weighted by molar-refractivity contribution is 0.201. The molecule has 2 N–H and O–H groups in total. The first-order valence-corrected chi connectivity index (χ1v) is 6.40. The average molecular weight is 204 g/mol. The molecule has 0 aromatic carbocycles. The molecule has 13 heavy (non-hydrogen) atoms. The third-order valence-corrected chi connectivity index (χ3v) is 4.95. The summed E-state index contributed by atoms with van der Waals surface area (Å²) >= 11 is 0. The smallest absolute Gasteiger partial charge is 0.214 e. The standard InChI is InChI=1S/C8H16N2O2S/c9-8(3-1-4-8)7-10-5-2-6-13(10,11)12/h1-7,9H2. The molecule has 0 amide bonds. The number of hydrogen-bond donors (Lipinski definition) is 1. The molecule has 2 aliphatic rings. The molecule has 0 aromatic rings. The van der Waals surface area contributed by atoms with Gasteiger partial charge in [0.25, 0.3) is 0 Å². The van der Waals surface area contributed by atoms with Gasteiger partial charge in [-0.3, -0.25) is 0 Å². The minimum absolute atomic E-state index is 0.211. The molecule has 76 valence electrons. The van der Waals surface area contributed by atoms with Crippen LogP contribution >= 0.6 is 0 Å². The van der Waals surface area contributed by atoms with Crippen molar-refractivity contribution in [3.63, 3.8) is 0 Å². The van der Waals surface area contributed by atoms with Crippen molar-refractivity contribution in [3.8, 4) is 0 Å². The van der Waals surface area contributed by atoms with E-state index in [-0.39, 0.29) is 5.54 Å². The first-order valence-electron chi connectivity index (χ1n) is 4.79. The van der Waals surface area contributed by atoms with Crippen molar-refractivity contribution in [3.05, 3.63) is 0 Å². The predicted molar refractivity (Wildman–Crippen MR) is 50.7 cm³/mol. The van der Waals surface area contributed by atoms with Gasteiger partial charge in [-0.25, -0.2) is 12.7 Å². The zero-order valence-corrected chi connectivity index (χ0v) is 8.52. The summed E-state index contributed by atoms with van der Waals surface area (Å²) < 4.78 is 24.5. The first kappa shape index (κ1) is 9.43. The fraction of sp³-hybridized carbons (Fsp3) is 1.00. The van der Waals surface area contributed by atoms with Gasteiger partial charge in [0.05, 0.1) is 5.75 Å². The zero-order valence-electron chi connectivity index (χ0n) is 7.70. The van der Waals surface area contributed by atoms with Gasteiger partial charge in [0.1, 0.15) is 0 Å². The molecule has 1 aliphatic heterocycles. The highest BCUT2D eigenvalue weighted by Gasteiger charge is 2.39. The Labute approximate surface area is 79.1 Å². The van der Waals surface area contributed by atoms with Gasteiger partial charge < -0.3 is 5.73 Å². The normalized spacial score (nSPS) is 31.5. The molecule has 0 atom stereocenters. The monoisotopic (exact) mass is 204 g/mol. The molecule has 0 radical (unpaired) electrons. The number of nitrogens with zero attached hydrogens (tertiary/aromatic N) is 1. The lowest BCUT2D eigenvalue weighted by atomic mass is 9.78. The van der Waals surface area contributed by atoms with Crippen LogP contribution in [0, 0.1) is 0 Å². The number of rotatable bonds is 2. The topological polar surface area (TPSA) is 63.4 Å². The Morgan fingerprint density at radius 1 is 1.31 bits per heavy atom. The second kappa shape index (κ2) is 2.93. The van der Waals surface area contributed by atoms with Crippen LogP contribution in [0.15, 0.2) is 0 Å². The quantitative estimate of drug-likeness (QED) is 0.683. The lowest BCUT2D eigenvalue weighted by Gasteiger charge is -2.40.